The summed E-state index contributed by atoms with van der Waals surface area (Å²) in [6.07, 6.45) is 1.70. The van der Waals surface area contributed by atoms with Gasteiger partial charge in [0.15, 0.2) is 0 Å². The summed E-state index contributed by atoms with van der Waals surface area (Å²) in [6.45, 7) is 7.13. The highest BCUT2D eigenvalue weighted by Gasteiger charge is 2.25. The Hall–Kier alpha value is -0.100. The van der Waals surface area contributed by atoms with Gasteiger partial charge in [-0.2, -0.15) is 4.31 Å². The maximum absolute atomic E-state index is 12.5. The summed E-state index contributed by atoms with van der Waals surface area (Å²) in [5.41, 5.74) is 0. The molecule has 0 spiro atoms. The van der Waals surface area contributed by atoms with E-state index in [-0.39, 0.29) is 0 Å². The number of alkyl halides is 1. The molecule has 1 aromatic heterocycles. The minimum absolute atomic E-state index is 0.372. The number of hydrogen-bond donors (Lipinski definition) is 0. The first-order valence-electron chi connectivity index (χ1n) is 6.60. The van der Waals surface area contributed by atoms with Gasteiger partial charge in [-0.05, 0) is 24.5 Å². The Morgan fingerprint density at radius 2 is 2.05 bits per heavy atom. The van der Waals surface area contributed by atoms with Crippen molar-refractivity contribution < 1.29 is 8.42 Å². The average Bonchev–Trinajstić information content (AvgIpc) is 2.85. The third kappa shape index (κ3) is 4.45. The van der Waals surface area contributed by atoms with E-state index in [2.05, 4.69) is 13.8 Å². The molecule has 0 amide bonds. The van der Waals surface area contributed by atoms with Crippen LogP contribution in [0.2, 0.25) is 0 Å². The quantitative estimate of drug-likeness (QED) is 0.686. The number of thiophene rings is 1. The summed E-state index contributed by atoms with van der Waals surface area (Å²) >= 11 is 7.01. The highest BCUT2D eigenvalue weighted by atomic mass is 35.5. The van der Waals surface area contributed by atoms with Crippen molar-refractivity contribution >= 4 is 33.0 Å². The van der Waals surface area contributed by atoms with Crippen LogP contribution >= 0.6 is 22.9 Å². The van der Waals surface area contributed by atoms with Crippen LogP contribution in [-0.4, -0.2) is 31.7 Å². The second-order valence-electron chi connectivity index (χ2n) is 4.63. The molecule has 0 aliphatic rings. The predicted molar refractivity (Wildman–Crippen MR) is 82.6 cm³/mol. The average molecular weight is 324 g/mol. The molecule has 0 aromatic carbocycles. The van der Waals surface area contributed by atoms with E-state index < -0.39 is 10.0 Å². The summed E-state index contributed by atoms with van der Waals surface area (Å²) in [7, 11) is -3.35. The van der Waals surface area contributed by atoms with E-state index in [9.17, 15) is 8.42 Å². The molecular weight excluding hydrogens is 302 g/mol. The summed E-state index contributed by atoms with van der Waals surface area (Å²) in [4.78, 5) is 1.02. The fraction of sp³-hybridized carbons (Fsp3) is 0.692. The minimum Gasteiger partial charge on any atom is -0.206 e. The molecule has 0 saturated heterocycles. The first-order chi connectivity index (χ1) is 8.95. The SMILES string of the molecule is CCC(C)CN(CC)S(=O)(=O)c1ccc(CCCl)s1. The summed E-state index contributed by atoms with van der Waals surface area (Å²) in [5, 5.41) is 0. The van der Waals surface area contributed by atoms with Gasteiger partial charge in [0, 0.05) is 23.8 Å². The molecule has 0 fully saturated rings. The molecule has 1 atom stereocenters. The van der Waals surface area contributed by atoms with Crippen LogP contribution in [0.15, 0.2) is 16.3 Å². The zero-order valence-electron chi connectivity index (χ0n) is 11.7. The van der Waals surface area contributed by atoms with E-state index in [1.807, 2.05) is 13.0 Å². The van der Waals surface area contributed by atoms with Crippen molar-refractivity contribution in [2.45, 2.75) is 37.8 Å². The van der Waals surface area contributed by atoms with Crippen molar-refractivity contribution in [3.05, 3.63) is 17.0 Å². The van der Waals surface area contributed by atoms with Gasteiger partial charge in [0.2, 0.25) is 0 Å². The molecule has 0 aliphatic heterocycles. The van der Waals surface area contributed by atoms with Crippen LogP contribution in [0.3, 0.4) is 0 Å². The van der Waals surface area contributed by atoms with Crippen molar-refractivity contribution in [1.29, 1.82) is 0 Å². The first kappa shape index (κ1) is 17.0. The van der Waals surface area contributed by atoms with Crippen molar-refractivity contribution in [3.63, 3.8) is 0 Å². The van der Waals surface area contributed by atoms with E-state index in [0.29, 0.717) is 29.1 Å². The van der Waals surface area contributed by atoms with Crippen molar-refractivity contribution in [1.82, 2.24) is 4.31 Å². The predicted octanol–water partition coefficient (Wildman–Crippen LogP) is 3.59. The number of nitrogens with zero attached hydrogens (tertiary/aromatic N) is 1. The van der Waals surface area contributed by atoms with Gasteiger partial charge in [-0.15, -0.1) is 22.9 Å². The van der Waals surface area contributed by atoms with Gasteiger partial charge in [-0.25, -0.2) is 8.42 Å². The Labute approximate surface area is 125 Å². The molecule has 0 N–H and O–H groups in total. The van der Waals surface area contributed by atoms with Crippen LogP contribution in [0.25, 0.3) is 0 Å². The van der Waals surface area contributed by atoms with Crippen molar-refractivity contribution in [3.8, 4) is 0 Å². The second-order valence-corrected chi connectivity index (χ2v) is 8.34. The van der Waals surface area contributed by atoms with Crippen LogP contribution < -0.4 is 0 Å². The second kappa shape index (κ2) is 7.62. The summed E-state index contributed by atoms with van der Waals surface area (Å²) < 4.78 is 27.1. The monoisotopic (exact) mass is 323 g/mol. The lowest BCUT2D eigenvalue weighted by molar-refractivity contribution is 0.362. The van der Waals surface area contributed by atoms with Crippen LogP contribution in [0.1, 0.15) is 32.1 Å². The highest BCUT2D eigenvalue weighted by molar-refractivity contribution is 7.91. The molecule has 1 rings (SSSR count). The maximum atomic E-state index is 12.5. The zero-order valence-corrected chi connectivity index (χ0v) is 14.1. The third-order valence-electron chi connectivity index (χ3n) is 3.14. The van der Waals surface area contributed by atoms with Gasteiger partial charge in [-0.1, -0.05) is 27.2 Å². The van der Waals surface area contributed by atoms with Gasteiger partial charge in [0.05, 0.1) is 0 Å². The van der Waals surface area contributed by atoms with E-state index in [4.69, 9.17) is 11.6 Å². The molecule has 1 aromatic rings. The van der Waals surface area contributed by atoms with Gasteiger partial charge < -0.3 is 0 Å². The lowest BCUT2D eigenvalue weighted by atomic mass is 10.1. The summed E-state index contributed by atoms with van der Waals surface area (Å²) in [6, 6.07) is 3.55. The van der Waals surface area contributed by atoms with Crippen molar-refractivity contribution in [2.75, 3.05) is 19.0 Å². The Bertz CT molecular complexity index is 485. The van der Waals surface area contributed by atoms with Gasteiger partial charge in [0.25, 0.3) is 10.0 Å². The Morgan fingerprint density at radius 3 is 2.58 bits per heavy atom. The fourth-order valence-corrected chi connectivity index (χ4v) is 5.12. The van der Waals surface area contributed by atoms with Crippen LogP contribution in [0.4, 0.5) is 0 Å². The van der Waals surface area contributed by atoms with Gasteiger partial charge in [-0.3, -0.25) is 0 Å². The number of hydrogen-bond acceptors (Lipinski definition) is 3. The first-order valence-corrected chi connectivity index (χ1v) is 9.39. The molecular formula is C13H22ClNO2S2. The number of halogens is 1. The van der Waals surface area contributed by atoms with Gasteiger partial charge in [0.1, 0.15) is 4.21 Å². The van der Waals surface area contributed by atoms with E-state index in [0.717, 1.165) is 17.7 Å². The lowest BCUT2D eigenvalue weighted by Gasteiger charge is -2.22. The molecule has 19 heavy (non-hydrogen) atoms. The van der Waals surface area contributed by atoms with Gasteiger partial charge >= 0.3 is 0 Å². The Kier molecular flexibility index (Phi) is 6.80. The molecule has 1 unspecified atom stereocenters. The molecule has 0 radical (unpaired) electrons. The van der Waals surface area contributed by atoms with E-state index in [1.54, 1.807) is 10.4 Å². The highest BCUT2D eigenvalue weighted by Crippen LogP contribution is 2.26. The molecule has 1 heterocycles. The maximum Gasteiger partial charge on any atom is 0.252 e. The number of rotatable bonds is 8. The normalized spacial score (nSPS) is 13.9. The summed E-state index contributed by atoms with van der Waals surface area (Å²) in [5.74, 6) is 0.890. The molecule has 0 aliphatic carbocycles. The Morgan fingerprint density at radius 1 is 1.37 bits per heavy atom. The van der Waals surface area contributed by atoms with Crippen LogP contribution in [0, 0.1) is 5.92 Å². The van der Waals surface area contributed by atoms with Crippen molar-refractivity contribution in [2.24, 2.45) is 5.92 Å². The standard InChI is InChI=1S/C13H22ClNO2S2/c1-4-11(3)10-15(5-2)19(16,17)13-7-6-12(18-13)8-9-14/h6-7,11H,4-5,8-10H2,1-3H3. The fourth-order valence-electron chi connectivity index (χ4n) is 1.73. The molecule has 0 saturated carbocycles. The largest absolute Gasteiger partial charge is 0.252 e. The Balaban J connectivity index is 2.92. The molecule has 6 heteroatoms. The molecule has 0 bridgehead atoms. The van der Waals surface area contributed by atoms with Crippen LogP contribution in [-0.2, 0) is 16.4 Å². The third-order valence-corrected chi connectivity index (χ3v) is 6.88. The van der Waals surface area contributed by atoms with Crippen LogP contribution in [0.5, 0.6) is 0 Å². The molecule has 110 valence electrons. The lowest BCUT2D eigenvalue weighted by Crippen LogP contribution is -2.34. The number of aryl methyl sites for hydroxylation is 1. The van der Waals surface area contributed by atoms with E-state index >= 15 is 0 Å². The zero-order chi connectivity index (χ0) is 14.5. The topological polar surface area (TPSA) is 37.4 Å². The number of sulfonamides is 1. The van der Waals surface area contributed by atoms with E-state index in [1.165, 1.54) is 11.3 Å². The smallest absolute Gasteiger partial charge is 0.206 e. The minimum atomic E-state index is -3.35. The molecule has 3 nitrogen and oxygen atoms in total.